The van der Waals surface area contributed by atoms with Gasteiger partial charge in [-0.05, 0) is 24.6 Å². The predicted molar refractivity (Wildman–Crippen MR) is 78.0 cm³/mol. The van der Waals surface area contributed by atoms with Crippen LogP contribution in [0.5, 0.6) is 0 Å². The van der Waals surface area contributed by atoms with Gasteiger partial charge in [0.1, 0.15) is 0 Å². The maximum atomic E-state index is 13.2. The van der Waals surface area contributed by atoms with Gasteiger partial charge in [0.15, 0.2) is 11.6 Å². The van der Waals surface area contributed by atoms with Crippen LogP contribution in [0.25, 0.3) is 0 Å². The largest absolute Gasteiger partial charge is 0.387 e. The molecule has 1 saturated heterocycles. The van der Waals surface area contributed by atoms with Crippen LogP contribution in [0.1, 0.15) is 18.6 Å². The lowest BCUT2D eigenvalue weighted by Crippen LogP contribution is -2.53. The third kappa shape index (κ3) is 4.00. The summed E-state index contributed by atoms with van der Waals surface area (Å²) in [4.78, 5) is 15.2. The van der Waals surface area contributed by atoms with Crippen LogP contribution in [0, 0.1) is 11.6 Å². The summed E-state index contributed by atoms with van der Waals surface area (Å²) in [6, 6.07) is 3.11. The van der Waals surface area contributed by atoms with Crippen LogP contribution < -0.4 is 5.73 Å². The summed E-state index contributed by atoms with van der Waals surface area (Å²) >= 11 is 0. The van der Waals surface area contributed by atoms with E-state index in [0.29, 0.717) is 38.3 Å². The summed E-state index contributed by atoms with van der Waals surface area (Å²) in [5.41, 5.74) is 5.64. The van der Waals surface area contributed by atoms with Crippen molar-refractivity contribution in [2.75, 3.05) is 32.7 Å². The van der Waals surface area contributed by atoms with Gasteiger partial charge >= 0.3 is 0 Å². The quantitative estimate of drug-likeness (QED) is 0.830. The minimum absolute atomic E-state index is 0.307. The Morgan fingerprint density at radius 2 is 1.91 bits per heavy atom. The van der Waals surface area contributed by atoms with E-state index in [0.717, 1.165) is 12.1 Å². The van der Waals surface area contributed by atoms with Gasteiger partial charge in [-0.1, -0.05) is 6.07 Å². The van der Waals surface area contributed by atoms with Gasteiger partial charge in [0.2, 0.25) is 5.91 Å². The number of aliphatic hydroxyl groups excluding tert-OH is 1. The predicted octanol–water partition coefficient (Wildman–Crippen LogP) is 0.490. The lowest BCUT2D eigenvalue weighted by molar-refractivity contribution is -0.123. The highest BCUT2D eigenvalue weighted by molar-refractivity contribution is 5.79. The van der Waals surface area contributed by atoms with E-state index in [1.165, 1.54) is 6.07 Å². The minimum atomic E-state index is -0.961. The fourth-order valence-corrected chi connectivity index (χ4v) is 2.58. The van der Waals surface area contributed by atoms with Gasteiger partial charge in [0.25, 0.3) is 0 Å². The molecule has 0 aromatic heterocycles. The Labute approximate surface area is 128 Å². The van der Waals surface area contributed by atoms with Crippen LogP contribution in [0.2, 0.25) is 0 Å². The molecule has 1 fully saturated rings. The molecule has 1 heterocycles. The summed E-state index contributed by atoms with van der Waals surface area (Å²) in [7, 11) is 0. The van der Waals surface area contributed by atoms with E-state index in [4.69, 9.17) is 5.73 Å². The Hall–Kier alpha value is -1.57. The van der Waals surface area contributed by atoms with E-state index >= 15 is 0 Å². The first kappa shape index (κ1) is 16.8. The SMILES string of the molecule is CC(C(N)=O)N1CCN(CC(O)c2ccc(F)c(F)c2)CC1. The minimum Gasteiger partial charge on any atom is -0.387 e. The number of hydrogen-bond acceptors (Lipinski definition) is 4. The highest BCUT2D eigenvalue weighted by atomic mass is 19.2. The normalized spacial score (nSPS) is 19.8. The molecule has 3 N–H and O–H groups in total. The molecule has 1 aliphatic rings. The van der Waals surface area contributed by atoms with Crippen molar-refractivity contribution < 1.29 is 18.7 Å². The fraction of sp³-hybridized carbons (Fsp3) is 0.533. The van der Waals surface area contributed by atoms with Crippen LogP contribution in [0.15, 0.2) is 18.2 Å². The highest BCUT2D eigenvalue weighted by Gasteiger charge is 2.25. The summed E-state index contributed by atoms with van der Waals surface area (Å²) < 4.78 is 26.1. The number of nitrogens with two attached hydrogens (primary N) is 1. The Balaban J connectivity index is 1.87. The van der Waals surface area contributed by atoms with Gasteiger partial charge < -0.3 is 10.8 Å². The second kappa shape index (κ2) is 7.13. The number of aliphatic hydroxyl groups is 1. The number of amides is 1. The molecule has 0 spiro atoms. The van der Waals surface area contributed by atoms with E-state index in [1.54, 1.807) is 6.92 Å². The monoisotopic (exact) mass is 313 g/mol. The molecule has 1 aromatic carbocycles. The molecule has 1 amide bonds. The topological polar surface area (TPSA) is 69.8 Å². The Kier molecular flexibility index (Phi) is 5.44. The van der Waals surface area contributed by atoms with E-state index in [2.05, 4.69) is 0 Å². The second-order valence-corrected chi connectivity index (χ2v) is 5.60. The van der Waals surface area contributed by atoms with Gasteiger partial charge in [-0.25, -0.2) is 8.78 Å². The fourth-order valence-electron chi connectivity index (χ4n) is 2.58. The summed E-state index contributed by atoms with van der Waals surface area (Å²) in [6.07, 6.45) is -0.879. The number of β-amino-alcohol motifs (C(OH)–C–C–N with tert-alkyl or cyclic N) is 1. The maximum absolute atomic E-state index is 13.2. The molecule has 1 aliphatic heterocycles. The summed E-state index contributed by atoms with van der Waals surface area (Å²) in [5, 5.41) is 10.1. The van der Waals surface area contributed by atoms with Crippen LogP contribution >= 0.6 is 0 Å². The van der Waals surface area contributed by atoms with Crippen molar-refractivity contribution in [2.45, 2.75) is 19.1 Å². The third-order valence-electron chi connectivity index (χ3n) is 4.13. The average molecular weight is 313 g/mol. The molecular formula is C15H21F2N3O2. The molecule has 0 saturated carbocycles. The third-order valence-corrected chi connectivity index (χ3v) is 4.13. The lowest BCUT2D eigenvalue weighted by atomic mass is 10.1. The highest BCUT2D eigenvalue weighted by Crippen LogP contribution is 2.18. The molecular weight excluding hydrogens is 292 g/mol. The molecule has 0 bridgehead atoms. The number of primary amides is 1. The van der Waals surface area contributed by atoms with Crippen molar-refractivity contribution in [2.24, 2.45) is 5.73 Å². The van der Waals surface area contributed by atoms with E-state index in [1.807, 2.05) is 9.80 Å². The van der Waals surface area contributed by atoms with Crippen LogP contribution in [0.3, 0.4) is 0 Å². The molecule has 2 rings (SSSR count). The van der Waals surface area contributed by atoms with Crippen molar-refractivity contribution in [3.63, 3.8) is 0 Å². The zero-order valence-corrected chi connectivity index (χ0v) is 12.5. The Morgan fingerprint density at radius 1 is 1.27 bits per heavy atom. The standard InChI is InChI=1S/C15H21F2N3O2/c1-10(15(18)22)20-6-4-19(5-7-20)9-14(21)11-2-3-12(16)13(17)8-11/h2-3,8,10,14,21H,4-7,9H2,1H3,(H2,18,22). The second-order valence-electron chi connectivity index (χ2n) is 5.60. The van der Waals surface area contributed by atoms with Crippen LogP contribution in [-0.4, -0.2) is 59.6 Å². The van der Waals surface area contributed by atoms with Crippen molar-refractivity contribution in [3.05, 3.63) is 35.4 Å². The summed E-state index contributed by atoms with van der Waals surface area (Å²) in [6.45, 7) is 4.82. The van der Waals surface area contributed by atoms with Gasteiger partial charge in [-0.2, -0.15) is 0 Å². The van der Waals surface area contributed by atoms with Crippen molar-refractivity contribution >= 4 is 5.91 Å². The molecule has 0 radical (unpaired) electrons. The smallest absolute Gasteiger partial charge is 0.234 e. The zero-order valence-electron chi connectivity index (χ0n) is 12.5. The number of carbonyl (C=O) groups is 1. The van der Waals surface area contributed by atoms with E-state index in [9.17, 15) is 18.7 Å². The maximum Gasteiger partial charge on any atom is 0.234 e. The molecule has 7 heteroatoms. The molecule has 22 heavy (non-hydrogen) atoms. The first-order chi connectivity index (χ1) is 10.4. The number of piperazine rings is 1. The van der Waals surface area contributed by atoms with Crippen molar-refractivity contribution in [3.8, 4) is 0 Å². The van der Waals surface area contributed by atoms with Gasteiger partial charge in [-0.3, -0.25) is 14.6 Å². The Bertz CT molecular complexity index is 534. The molecule has 5 nitrogen and oxygen atoms in total. The molecule has 2 unspecified atom stereocenters. The molecule has 0 aliphatic carbocycles. The number of carbonyl (C=O) groups excluding carboxylic acids is 1. The number of benzene rings is 1. The van der Waals surface area contributed by atoms with Gasteiger partial charge in [0, 0.05) is 32.7 Å². The lowest BCUT2D eigenvalue weighted by Gasteiger charge is -2.37. The van der Waals surface area contributed by atoms with Gasteiger partial charge in [-0.15, -0.1) is 0 Å². The van der Waals surface area contributed by atoms with Gasteiger partial charge in [0.05, 0.1) is 12.1 Å². The number of rotatable bonds is 5. The molecule has 1 aromatic rings. The van der Waals surface area contributed by atoms with Crippen molar-refractivity contribution in [1.82, 2.24) is 9.80 Å². The Morgan fingerprint density at radius 3 is 2.45 bits per heavy atom. The van der Waals surface area contributed by atoms with E-state index in [-0.39, 0.29) is 11.9 Å². The number of hydrogen-bond donors (Lipinski definition) is 2. The molecule has 2 atom stereocenters. The molecule has 122 valence electrons. The first-order valence-corrected chi connectivity index (χ1v) is 7.27. The first-order valence-electron chi connectivity index (χ1n) is 7.27. The van der Waals surface area contributed by atoms with Crippen molar-refractivity contribution in [1.29, 1.82) is 0 Å². The average Bonchev–Trinajstić information content (AvgIpc) is 2.50. The van der Waals surface area contributed by atoms with Crippen LogP contribution in [0.4, 0.5) is 8.78 Å². The van der Waals surface area contributed by atoms with Crippen LogP contribution in [-0.2, 0) is 4.79 Å². The number of halogens is 2. The zero-order chi connectivity index (χ0) is 16.3. The summed E-state index contributed by atoms with van der Waals surface area (Å²) in [5.74, 6) is -2.24. The number of nitrogens with zero attached hydrogens (tertiary/aromatic N) is 2. The van der Waals surface area contributed by atoms with E-state index < -0.39 is 17.7 Å².